The Kier molecular flexibility index (Phi) is 5.80. The Labute approximate surface area is 137 Å². The second-order valence-electron chi connectivity index (χ2n) is 4.33. The van der Waals surface area contributed by atoms with E-state index in [0.717, 1.165) is 15.1 Å². The highest BCUT2D eigenvalue weighted by molar-refractivity contribution is 9.10. The lowest BCUT2D eigenvalue weighted by molar-refractivity contribution is 0.597. The molecule has 1 aromatic carbocycles. The second-order valence-corrected chi connectivity index (χ2v) is 8.47. The van der Waals surface area contributed by atoms with E-state index in [-0.39, 0.29) is 5.75 Å². The monoisotopic (exact) mass is 386 g/mol. The number of pyridine rings is 1. The van der Waals surface area contributed by atoms with Crippen molar-refractivity contribution in [3.8, 4) is 0 Å². The van der Waals surface area contributed by atoms with Crippen LogP contribution in [0.4, 0.5) is 0 Å². The minimum Gasteiger partial charge on any atom is -0.326 e. The summed E-state index contributed by atoms with van der Waals surface area (Å²) in [5.74, 6) is 0.549. The summed E-state index contributed by atoms with van der Waals surface area (Å²) in [7, 11) is -3.26. The van der Waals surface area contributed by atoms with Crippen molar-refractivity contribution in [3.05, 3.63) is 52.6 Å². The standard InChI is InChI=1S/C14H15BrN2O2S2/c15-12-3-6-14(17-10-12)20-7-8-21(18,19)13-4-1-11(9-16)2-5-13/h1-6,10H,7-9,16H2. The van der Waals surface area contributed by atoms with Crippen LogP contribution in [0.25, 0.3) is 0 Å². The molecular weight excluding hydrogens is 372 g/mol. The van der Waals surface area contributed by atoms with Crippen LogP contribution in [0.1, 0.15) is 5.56 Å². The summed E-state index contributed by atoms with van der Waals surface area (Å²) in [5.41, 5.74) is 6.42. The Bertz CT molecular complexity index is 686. The summed E-state index contributed by atoms with van der Waals surface area (Å²) in [5, 5.41) is 0.812. The zero-order valence-electron chi connectivity index (χ0n) is 11.2. The summed E-state index contributed by atoms with van der Waals surface area (Å²) in [4.78, 5) is 4.54. The predicted molar refractivity (Wildman–Crippen MR) is 89.0 cm³/mol. The molecule has 4 nitrogen and oxygen atoms in total. The van der Waals surface area contributed by atoms with Gasteiger partial charge in [-0.1, -0.05) is 12.1 Å². The molecule has 21 heavy (non-hydrogen) atoms. The summed E-state index contributed by atoms with van der Waals surface area (Å²) in [6.07, 6.45) is 1.70. The van der Waals surface area contributed by atoms with Gasteiger partial charge in [-0.05, 0) is 45.8 Å². The first-order valence-electron chi connectivity index (χ1n) is 6.27. The lowest BCUT2D eigenvalue weighted by Crippen LogP contribution is -2.09. The first-order valence-corrected chi connectivity index (χ1v) is 9.70. The van der Waals surface area contributed by atoms with Gasteiger partial charge < -0.3 is 5.73 Å². The van der Waals surface area contributed by atoms with E-state index in [1.165, 1.54) is 11.8 Å². The van der Waals surface area contributed by atoms with Gasteiger partial charge in [-0.3, -0.25) is 0 Å². The van der Waals surface area contributed by atoms with Crippen molar-refractivity contribution in [3.63, 3.8) is 0 Å². The molecule has 0 aliphatic rings. The van der Waals surface area contributed by atoms with Gasteiger partial charge in [-0.2, -0.15) is 0 Å². The first kappa shape index (κ1) is 16.5. The molecule has 0 aliphatic heterocycles. The molecule has 7 heteroatoms. The number of nitrogens with zero attached hydrogens (tertiary/aromatic N) is 1. The maximum Gasteiger partial charge on any atom is 0.179 e. The number of halogens is 1. The van der Waals surface area contributed by atoms with Crippen molar-refractivity contribution >= 4 is 37.5 Å². The summed E-state index contributed by atoms with van der Waals surface area (Å²) in [6, 6.07) is 10.5. The maximum atomic E-state index is 12.2. The largest absolute Gasteiger partial charge is 0.326 e. The van der Waals surface area contributed by atoms with Crippen LogP contribution in [0.5, 0.6) is 0 Å². The summed E-state index contributed by atoms with van der Waals surface area (Å²) in [6.45, 7) is 0.408. The van der Waals surface area contributed by atoms with E-state index in [9.17, 15) is 8.42 Å². The Balaban J connectivity index is 1.95. The van der Waals surface area contributed by atoms with Crippen LogP contribution in [-0.4, -0.2) is 24.9 Å². The fourth-order valence-corrected chi connectivity index (χ4v) is 4.39. The first-order chi connectivity index (χ1) is 10.0. The van der Waals surface area contributed by atoms with Crippen molar-refractivity contribution < 1.29 is 8.42 Å². The molecule has 0 bridgehead atoms. The quantitative estimate of drug-likeness (QED) is 0.772. The Morgan fingerprint density at radius 1 is 1.14 bits per heavy atom. The molecule has 0 radical (unpaired) electrons. The fourth-order valence-electron chi connectivity index (χ4n) is 1.65. The SMILES string of the molecule is NCc1ccc(S(=O)(=O)CCSc2ccc(Br)cn2)cc1. The minimum absolute atomic E-state index is 0.0807. The number of hydrogen-bond acceptors (Lipinski definition) is 5. The van der Waals surface area contributed by atoms with E-state index in [1.807, 2.05) is 12.1 Å². The van der Waals surface area contributed by atoms with Crippen LogP contribution >= 0.6 is 27.7 Å². The van der Waals surface area contributed by atoms with Gasteiger partial charge in [-0.25, -0.2) is 13.4 Å². The third-order valence-corrected chi connectivity index (χ3v) is 6.23. The smallest absolute Gasteiger partial charge is 0.179 e. The van der Waals surface area contributed by atoms with E-state index in [2.05, 4.69) is 20.9 Å². The maximum absolute atomic E-state index is 12.2. The van der Waals surface area contributed by atoms with Crippen LogP contribution in [0, 0.1) is 0 Å². The molecule has 2 N–H and O–H groups in total. The van der Waals surface area contributed by atoms with Crippen LogP contribution in [0.2, 0.25) is 0 Å². The molecule has 112 valence electrons. The molecule has 0 aliphatic carbocycles. The van der Waals surface area contributed by atoms with E-state index in [1.54, 1.807) is 30.5 Å². The van der Waals surface area contributed by atoms with Crippen molar-refractivity contribution in [2.75, 3.05) is 11.5 Å². The van der Waals surface area contributed by atoms with Crippen LogP contribution in [0.3, 0.4) is 0 Å². The predicted octanol–water partition coefficient (Wildman–Crippen LogP) is 2.87. The van der Waals surface area contributed by atoms with Crippen LogP contribution in [-0.2, 0) is 16.4 Å². The zero-order valence-corrected chi connectivity index (χ0v) is 14.4. The molecule has 0 fully saturated rings. The highest BCUT2D eigenvalue weighted by Gasteiger charge is 2.14. The molecule has 0 saturated carbocycles. The van der Waals surface area contributed by atoms with Crippen molar-refractivity contribution in [2.45, 2.75) is 16.5 Å². The summed E-state index contributed by atoms with van der Waals surface area (Å²) < 4.78 is 25.3. The van der Waals surface area contributed by atoms with Crippen molar-refractivity contribution in [1.82, 2.24) is 4.98 Å². The van der Waals surface area contributed by atoms with Gasteiger partial charge in [0.25, 0.3) is 0 Å². The second kappa shape index (κ2) is 7.40. The normalized spacial score (nSPS) is 11.5. The van der Waals surface area contributed by atoms with Gasteiger partial charge in [0.1, 0.15) is 0 Å². The van der Waals surface area contributed by atoms with Gasteiger partial charge in [-0.15, -0.1) is 11.8 Å². The van der Waals surface area contributed by atoms with E-state index < -0.39 is 9.84 Å². The van der Waals surface area contributed by atoms with Gasteiger partial charge in [0.05, 0.1) is 15.7 Å². The van der Waals surface area contributed by atoms with Crippen molar-refractivity contribution in [1.29, 1.82) is 0 Å². The zero-order chi connectivity index (χ0) is 15.3. The molecule has 2 aromatic rings. The average molecular weight is 387 g/mol. The number of benzene rings is 1. The molecule has 0 saturated heterocycles. The van der Waals surface area contributed by atoms with Gasteiger partial charge in [0.2, 0.25) is 0 Å². The van der Waals surface area contributed by atoms with Crippen LogP contribution < -0.4 is 5.73 Å². The number of rotatable bonds is 6. The number of aromatic nitrogens is 1. The van der Waals surface area contributed by atoms with E-state index in [0.29, 0.717) is 17.2 Å². The molecule has 1 heterocycles. The van der Waals surface area contributed by atoms with Crippen LogP contribution in [0.15, 0.2) is 57.0 Å². The van der Waals surface area contributed by atoms with E-state index >= 15 is 0 Å². The topological polar surface area (TPSA) is 73.1 Å². The number of sulfone groups is 1. The minimum atomic E-state index is -3.26. The Hall–Kier alpha value is -0.890. The number of nitrogens with two attached hydrogens (primary N) is 1. The Morgan fingerprint density at radius 2 is 1.86 bits per heavy atom. The molecular formula is C14H15BrN2O2S2. The number of hydrogen-bond donors (Lipinski definition) is 1. The van der Waals surface area contributed by atoms with Crippen molar-refractivity contribution in [2.24, 2.45) is 5.73 Å². The number of thioether (sulfide) groups is 1. The van der Waals surface area contributed by atoms with E-state index in [4.69, 9.17) is 5.73 Å². The highest BCUT2D eigenvalue weighted by Crippen LogP contribution is 2.19. The molecule has 0 spiro atoms. The highest BCUT2D eigenvalue weighted by atomic mass is 79.9. The average Bonchev–Trinajstić information content (AvgIpc) is 2.49. The van der Waals surface area contributed by atoms with Gasteiger partial charge in [0, 0.05) is 23.0 Å². The molecule has 0 unspecified atom stereocenters. The lowest BCUT2D eigenvalue weighted by atomic mass is 10.2. The van der Waals surface area contributed by atoms with Gasteiger partial charge >= 0.3 is 0 Å². The molecule has 1 aromatic heterocycles. The molecule has 2 rings (SSSR count). The third-order valence-electron chi connectivity index (χ3n) is 2.82. The Morgan fingerprint density at radius 3 is 2.43 bits per heavy atom. The summed E-state index contributed by atoms with van der Waals surface area (Å²) >= 11 is 4.74. The molecule has 0 amide bonds. The third kappa shape index (κ3) is 4.81. The van der Waals surface area contributed by atoms with Gasteiger partial charge in [0.15, 0.2) is 9.84 Å². The fraction of sp³-hybridized carbons (Fsp3) is 0.214. The lowest BCUT2D eigenvalue weighted by Gasteiger charge is -2.05. The molecule has 0 atom stereocenters.